The van der Waals surface area contributed by atoms with Crippen LogP contribution in [0.3, 0.4) is 0 Å². The first-order valence-electron chi connectivity index (χ1n) is 10.2. The predicted octanol–water partition coefficient (Wildman–Crippen LogP) is 3.42. The van der Waals surface area contributed by atoms with E-state index in [9.17, 15) is 29.4 Å². The van der Waals surface area contributed by atoms with Crippen molar-refractivity contribution < 1.29 is 34.9 Å². The third-order valence-corrected chi connectivity index (χ3v) is 6.32. The molecule has 4 N–H and O–H groups in total. The highest BCUT2D eigenvalue weighted by Crippen LogP contribution is 2.47. The highest BCUT2D eigenvalue weighted by molar-refractivity contribution is 7.46. The summed E-state index contributed by atoms with van der Waals surface area (Å²) in [5.41, 5.74) is -0.571. The number of benzene rings is 2. The molecule has 0 unspecified atom stereocenters. The molecule has 0 radical (unpaired) electrons. The third kappa shape index (κ3) is 4.41. The van der Waals surface area contributed by atoms with Crippen molar-refractivity contribution in [3.8, 4) is 22.8 Å². The molecule has 1 fully saturated rings. The van der Waals surface area contributed by atoms with E-state index in [1.807, 2.05) is 4.90 Å². The van der Waals surface area contributed by atoms with E-state index in [0.29, 0.717) is 13.0 Å². The van der Waals surface area contributed by atoms with Crippen LogP contribution >= 0.6 is 19.4 Å². The molecule has 9 nitrogen and oxygen atoms in total. The second-order valence-electron chi connectivity index (χ2n) is 7.69. The number of aromatic hydroxyl groups is 2. The van der Waals surface area contributed by atoms with Gasteiger partial charge in [0.1, 0.15) is 28.2 Å². The Kier molecular flexibility index (Phi) is 5.71. The topological polar surface area (TPSA) is 141 Å². The van der Waals surface area contributed by atoms with E-state index in [1.54, 1.807) is 13.1 Å². The van der Waals surface area contributed by atoms with E-state index in [-0.39, 0.29) is 45.5 Å². The van der Waals surface area contributed by atoms with Gasteiger partial charge in [-0.2, -0.15) is 0 Å². The Morgan fingerprint density at radius 2 is 2.03 bits per heavy atom. The van der Waals surface area contributed by atoms with Crippen LogP contribution in [-0.4, -0.2) is 51.1 Å². The average molecular weight is 483 g/mol. The minimum atomic E-state index is -4.88. The molecule has 170 valence electrons. The number of phosphoric acid groups is 1. The summed E-state index contributed by atoms with van der Waals surface area (Å²) in [6, 6.07) is 6.65. The van der Waals surface area contributed by atoms with Gasteiger partial charge in [-0.15, -0.1) is 0 Å². The van der Waals surface area contributed by atoms with Crippen molar-refractivity contribution in [1.29, 1.82) is 0 Å². The summed E-state index contributed by atoms with van der Waals surface area (Å²) < 4.78 is 30.7. The van der Waals surface area contributed by atoms with E-state index < -0.39 is 36.8 Å². The molecule has 0 saturated carbocycles. The Labute approximate surface area is 189 Å². The van der Waals surface area contributed by atoms with Gasteiger partial charge in [0, 0.05) is 35.7 Å². The van der Waals surface area contributed by atoms with Gasteiger partial charge in [-0.3, -0.25) is 9.32 Å². The number of likely N-dealkylation sites (N-methyl/N-ethyl adjacent to an activating group) is 1. The summed E-state index contributed by atoms with van der Waals surface area (Å²) in [5.74, 6) is -1.75. The summed E-state index contributed by atoms with van der Waals surface area (Å²) >= 11 is 6.24. The fraction of sp³-hybridized carbons (Fsp3) is 0.286. The number of hydrogen-bond acceptors (Lipinski definition) is 7. The molecule has 0 aliphatic carbocycles. The molecule has 1 saturated heterocycles. The van der Waals surface area contributed by atoms with Gasteiger partial charge in [-0.25, -0.2) is 4.57 Å². The normalized spacial score (nSPS) is 20.4. The number of fused-ring (bicyclic) bond motifs is 1. The standard InChI is InChI=1S/C21H21ClNO8P/c1-23-7-6-12(18(10-23)31-32(27,28)29)19-14(24)8-15(25)20-16(26)9-17(30-21(19)20)11-4-2-3-5-13(11)22/h2-5,8-9,12,18,24-25H,6-7,10H2,1H3,(H2,27,28,29)/t12-,18+/m0/s1/i4D. The van der Waals surface area contributed by atoms with Gasteiger partial charge in [0.25, 0.3) is 0 Å². The van der Waals surface area contributed by atoms with Gasteiger partial charge in [0.05, 0.1) is 12.5 Å². The summed E-state index contributed by atoms with van der Waals surface area (Å²) in [7, 11) is -3.12. The fourth-order valence-electron chi connectivity index (χ4n) is 4.09. The molecular formula is C21H21ClNO8P. The first-order valence-corrected chi connectivity index (χ1v) is 11.6. The Morgan fingerprint density at radius 3 is 2.72 bits per heavy atom. The number of nitrogens with zero attached hydrogens (tertiary/aromatic N) is 1. The second kappa shape index (κ2) is 8.51. The van der Waals surface area contributed by atoms with Crippen molar-refractivity contribution >= 4 is 30.4 Å². The lowest BCUT2D eigenvalue weighted by Gasteiger charge is -2.36. The molecule has 0 amide bonds. The molecule has 0 spiro atoms. The van der Waals surface area contributed by atoms with Crippen LogP contribution < -0.4 is 5.43 Å². The van der Waals surface area contributed by atoms with E-state index >= 15 is 0 Å². The van der Waals surface area contributed by atoms with Crippen molar-refractivity contribution in [2.45, 2.75) is 18.4 Å². The predicted molar refractivity (Wildman–Crippen MR) is 118 cm³/mol. The lowest BCUT2D eigenvalue weighted by Crippen LogP contribution is -2.41. The third-order valence-electron chi connectivity index (χ3n) is 5.46. The van der Waals surface area contributed by atoms with Crippen molar-refractivity contribution in [2.24, 2.45) is 0 Å². The second-order valence-corrected chi connectivity index (χ2v) is 9.29. The first-order chi connectivity index (χ1) is 15.5. The van der Waals surface area contributed by atoms with Gasteiger partial charge < -0.3 is 29.3 Å². The average Bonchev–Trinajstić information content (AvgIpc) is 2.67. The van der Waals surface area contributed by atoms with Gasteiger partial charge in [-0.1, -0.05) is 23.7 Å². The monoisotopic (exact) mass is 482 g/mol. The van der Waals surface area contributed by atoms with Crippen molar-refractivity contribution in [2.75, 3.05) is 20.1 Å². The van der Waals surface area contributed by atoms with E-state index in [2.05, 4.69) is 0 Å². The zero-order valence-corrected chi connectivity index (χ0v) is 18.5. The minimum absolute atomic E-state index is 0.00192. The van der Waals surface area contributed by atoms with Crippen LogP contribution in [0.1, 0.15) is 19.3 Å². The van der Waals surface area contributed by atoms with E-state index in [1.165, 1.54) is 12.1 Å². The number of hydrogen-bond donors (Lipinski definition) is 4. The molecule has 2 heterocycles. The number of halogens is 1. The summed E-state index contributed by atoms with van der Waals surface area (Å²) in [5, 5.41) is 21.1. The number of phosphoric ester groups is 1. The lowest BCUT2D eigenvalue weighted by molar-refractivity contribution is 0.0544. The van der Waals surface area contributed by atoms with Crippen LogP contribution in [0.4, 0.5) is 0 Å². The van der Waals surface area contributed by atoms with Gasteiger partial charge in [-0.05, 0) is 32.1 Å². The molecule has 32 heavy (non-hydrogen) atoms. The summed E-state index contributed by atoms with van der Waals surface area (Å²) in [4.78, 5) is 33.6. The largest absolute Gasteiger partial charge is 0.507 e. The fourth-order valence-corrected chi connectivity index (χ4v) is 4.88. The molecule has 1 aliphatic heterocycles. The molecule has 0 bridgehead atoms. The molecule has 2 aromatic carbocycles. The molecule has 11 heteroatoms. The Morgan fingerprint density at radius 1 is 1.28 bits per heavy atom. The maximum absolute atomic E-state index is 13.0. The highest BCUT2D eigenvalue weighted by atomic mass is 35.5. The highest BCUT2D eigenvalue weighted by Gasteiger charge is 2.38. The van der Waals surface area contributed by atoms with Crippen LogP contribution in [0, 0.1) is 0 Å². The quantitative estimate of drug-likeness (QED) is 0.411. The van der Waals surface area contributed by atoms with Gasteiger partial charge in [0.15, 0.2) is 5.43 Å². The molecule has 3 aromatic rings. The van der Waals surface area contributed by atoms with Gasteiger partial charge in [0.2, 0.25) is 0 Å². The molecule has 4 rings (SSSR count). The molecule has 1 aromatic heterocycles. The van der Waals surface area contributed by atoms with Crippen molar-refractivity contribution in [3.63, 3.8) is 0 Å². The minimum Gasteiger partial charge on any atom is -0.507 e. The van der Waals surface area contributed by atoms with Crippen molar-refractivity contribution in [3.05, 3.63) is 57.2 Å². The van der Waals surface area contributed by atoms with Gasteiger partial charge >= 0.3 is 7.82 Å². The Bertz CT molecular complexity index is 1320. The summed E-state index contributed by atoms with van der Waals surface area (Å²) in [6.45, 7) is 0.654. The number of phenols is 2. The molecule has 1 aliphatic rings. The summed E-state index contributed by atoms with van der Waals surface area (Å²) in [6.07, 6.45) is -0.720. The first kappa shape index (κ1) is 21.5. The zero-order valence-electron chi connectivity index (χ0n) is 17.9. The maximum Gasteiger partial charge on any atom is 0.469 e. The smallest absolute Gasteiger partial charge is 0.469 e. The van der Waals surface area contributed by atoms with Crippen LogP contribution in [0.15, 0.2) is 45.6 Å². The van der Waals surface area contributed by atoms with Crippen LogP contribution in [0.2, 0.25) is 5.02 Å². The number of likely N-dealkylation sites (tertiary alicyclic amines) is 1. The lowest BCUT2D eigenvalue weighted by atomic mass is 9.85. The Hall–Kier alpha value is -2.39. The maximum atomic E-state index is 13.0. The molecular weight excluding hydrogens is 461 g/mol. The van der Waals surface area contributed by atoms with E-state index in [0.717, 1.165) is 12.1 Å². The molecule has 2 atom stereocenters. The Balaban J connectivity index is 1.99. The number of phenolic OH excluding ortho intramolecular Hbond substituents is 2. The van der Waals surface area contributed by atoms with E-state index in [4.69, 9.17) is 21.9 Å². The zero-order chi connectivity index (χ0) is 24.1. The van der Waals surface area contributed by atoms with Crippen LogP contribution in [0.5, 0.6) is 11.5 Å². The van der Waals surface area contributed by atoms with Crippen molar-refractivity contribution in [1.82, 2.24) is 4.90 Å². The number of piperidine rings is 1. The SMILES string of the molecule is [2H]c1cccc(Cl)c1-c1cc(=O)c2c(O)cc(O)c([C@H]3CCN(C)C[C@H]3OP(=O)(O)O)c2o1. The van der Waals surface area contributed by atoms with Crippen LogP contribution in [-0.2, 0) is 9.09 Å². The number of rotatable bonds is 4. The van der Waals surface area contributed by atoms with Crippen LogP contribution in [0.25, 0.3) is 22.3 Å².